The van der Waals surface area contributed by atoms with Gasteiger partial charge in [-0.2, -0.15) is 4.37 Å². The lowest BCUT2D eigenvalue weighted by Crippen LogP contribution is -2.27. The number of aromatic nitrogens is 1. The monoisotopic (exact) mass is 328 g/mol. The normalized spacial score (nSPS) is 17.7. The molecule has 1 aromatic carbocycles. The van der Waals surface area contributed by atoms with Crippen molar-refractivity contribution in [3.63, 3.8) is 0 Å². The molecule has 3 rings (SSSR count). The number of nitrogens with one attached hydrogen (secondary N) is 1. The highest BCUT2D eigenvalue weighted by Crippen LogP contribution is 2.34. The van der Waals surface area contributed by atoms with Crippen molar-refractivity contribution in [1.82, 2.24) is 9.10 Å². The van der Waals surface area contributed by atoms with E-state index in [1.807, 2.05) is 0 Å². The van der Waals surface area contributed by atoms with Crippen molar-refractivity contribution in [3.05, 3.63) is 40.5 Å². The molecular weight excluding hydrogens is 315 g/mol. The smallest absolute Gasteiger partial charge is 0.247 e. The van der Waals surface area contributed by atoms with Crippen LogP contribution in [0.3, 0.4) is 0 Å². The average molecular weight is 328 g/mol. The number of methoxy groups -OCH3 is 1. The molecule has 1 aliphatic rings. The highest BCUT2D eigenvalue weighted by Gasteiger charge is 2.30. The van der Waals surface area contributed by atoms with Gasteiger partial charge >= 0.3 is 0 Å². The molecule has 1 aliphatic carbocycles. The molecule has 0 saturated heterocycles. The van der Waals surface area contributed by atoms with Crippen LogP contribution in [0.5, 0.6) is 5.88 Å². The molecule has 2 aromatic rings. The van der Waals surface area contributed by atoms with Crippen LogP contribution < -0.4 is 9.46 Å². The summed E-state index contributed by atoms with van der Waals surface area (Å²) in [7, 11) is -2.34. The molecule has 1 heterocycles. The fourth-order valence-corrected chi connectivity index (χ4v) is 4.81. The fourth-order valence-electron chi connectivity index (χ4n) is 2.49. The van der Waals surface area contributed by atoms with Gasteiger partial charge in [0.15, 0.2) is 4.90 Å². The summed E-state index contributed by atoms with van der Waals surface area (Å²) >= 11 is 1.02. The van der Waals surface area contributed by atoms with Gasteiger partial charge in [-0.1, -0.05) is 6.07 Å². The van der Waals surface area contributed by atoms with Crippen LogP contribution in [0, 0.1) is 5.82 Å². The second-order valence-corrected chi connectivity index (χ2v) is 7.06. The average Bonchev–Trinajstić information content (AvgIpc) is 3.05. The lowest BCUT2D eigenvalue weighted by molar-refractivity contribution is 0.390. The Morgan fingerprint density at radius 2 is 2.29 bits per heavy atom. The summed E-state index contributed by atoms with van der Waals surface area (Å²) in [6.45, 7) is 0. The highest BCUT2D eigenvalue weighted by molar-refractivity contribution is 7.89. The van der Waals surface area contributed by atoms with Gasteiger partial charge in [0.05, 0.1) is 7.11 Å². The standard InChI is InChI=1S/C13H13FN2O3S2/c1-19-13-12(7-20-15-13)21(17,18)16-11-5-2-8-6-9(14)3-4-10(8)11/h3-4,6-7,11,16H,2,5H2,1H3. The molecular formula is C13H13FN2O3S2. The van der Waals surface area contributed by atoms with Crippen LogP contribution in [-0.4, -0.2) is 19.9 Å². The molecule has 21 heavy (non-hydrogen) atoms. The molecule has 0 amide bonds. The van der Waals surface area contributed by atoms with Gasteiger partial charge in [-0.25, -0.2) is 17.5 Å². The zero-order valence-electron chi connectivity index (χ0n) is 11.2. The predicted octanol–water partition coefficient (Wildman–Crippen LogP) is 2.26. The van der Waals surface area contributed by atoms with E-state index in [0.29, 0.717) is 12.8 Å². The van der Waals surface area contributed by atoms with Gasteiger partial charge in [0, 0.05) is 11.4 Å². The number of nitrogens with zero attached hydrogens (tertiary/aromatic N) is 1. The minimum absolute atomic E-state index is 0.0329. The molecule has 1 N–H and O–H groups in total. The van der Waals surface area contributed by atoms with Gasteiger partial charge in [-0.15, -0.1) is 0 Å². The molecule has 0 fully saturated rings. The topological polar surface area (TPSA) is 68.3 Å². The Bertz CT molecular complexity index is 773. The van der Waals surface area contributed by atoms with Crippen molar-refractivity contribution in [2.24, 2.45) is 0 Å². The summed E-state index contributed by atoms with van der Waals surface area (Å²) in [5, 5.41) is 1.43. The third-order valence-electron chi connectivity index (χ3n) is 3.47. The molecule has 8 heteroatoms. The first kappa shape index (κ1) is 14.4. The van der Waals surface area contributed by atoms with E-state index in [0.717, 1.165) is 22.7 Å². The summed E-state index contributed by atoms with van der Waals surface area (Å²) < 4.78 is 49.5. The summed E-state index contributed by atoms with van der Waals surface area (Å²) in [6.07, 6.45) is 1.26. The van der Waals surface area contributed by atoms with E-state index >= 15 is 0 Å². The second kappa shape index (κ2) is 5.36. The maximum absolute atomic E-state index is 13.2. The number of hydrogen-bond donors (Lipinski definition) is 1. The number of benzene rings is 1. The van der Waals surface area contributed by atoms with Crippen molar-refractivity contribution in [2.75, 3.05) is 7.11 Å². The van der Waals surface area contributed by atoms with Gasteiger partial charge in [-0.3, -0.25) is 0 Å². The van der Waals surface area contributed by atoms with Crippen molar-refractivity contribution in [1.29, 1.82) is 0 Å². The maximum atomic E-state index is 13.2. The van der Waals surface area contributed by atoms with E-state index in [1.165, 1.54) is 24.6 Å². The number of halogens is 1. The molecule has 5 nitrogen and oxygen atoms in total. The molecule has 1 aromatic heterocycles. The SMILES string of the molecule is COc1nscc1S(=O)(=O)NC1CCc2cc(F)ccc21. The molecule has 1 atom stereocenters. The first-order chi connectivity index (χ1) is 10.0. The Hall–Kier alpha value is -1.51. The van der Waals surface area contributed by atoms with Crippen LogP contribution in [0.25, 0.3) is 0 Å². The van der Waals surface area contributed by atoms with E-state index in [4.69, 9.17) is 4.74 Å². The van der Waals surface area contributed by atoms with Crippen LogP contribution in [0.1, 0.15) is 23.6 Å². The molecule has 0 aliphatic heterocycles. The number of hydrogen-bond acceptors (Lipinski definition) is 5. The quantitative estimate of drug-likeness (QED) is 0.935. The Labute approximate surface area is 126 Å². The lowest BCUT2D eigenvalue weighted by Gasteiger charge is -2.14. The van der Waals surface area contributed by atoms with Crippen LogP contribution in [-0.2, 0) is 16.4 Å². The summed E-state index contributed by atoms with van der Waals surface area (Å²) in [6, 6.07) is 4.08. The van der Waals surface area contributed by atoms with E-state index in [1.54, 1.807) is 6.07 Å². The maximum Gasteiger partial charge on any atom is 0.247 e. The molecule has 0 radical (unpaired) electrons. The zero-order chi connectivity index (χ0) is 15.0. The Kier molecular flexibility index (Phi) is 3.68. The zero-order valence-corrected chi connectivity index (χ0v) is 12.8. The molecule has 0 spiro atoms. The van der Waals surface area contributed by atoms with Gasteiger partial charge in [0.25, 0.3) is 0 Å². The highest BCUT2D eigenvalue weighted by atomic mass is 32.2. The van der Waals surface area contributed by atoms with Crippen molar-refractivity contribution >= 4 is 21.6 Å². The van der Waals surface area contributed by atoms with Gasteiger partial charge in [0.2, 0.25) is 15.9 Å². The number of sulfonamides is 1. The number of aryl methyl sites for hydroxylation is 1. The number of ether oxygens (including phenoxy) is 1. The Balaban J connectivity index is 1.89. The molecule has 0 bridgehead atoms. The molecule has 1 unspecified atom stereocenters. The summed E-state index contributed by atoms with van der Waals surface area (Å²) in [4.78, 5) is 0.0329. The van der Waals surface area contributed by atoms with Crippen LogP contribution >= 0.6 is 11.5 Å². The minimum Gasteiger partial charge on any atom is -0.479 e. The minimum atomic E-state index is -3.72. The Morgan fingerprint density at radius 1 is 1.48 bits per heavy atom. The van der Waals surface area contributed by atoms with Crippen molar-refractivity contribution in [2.45, 2.75) is 23.8 Å². The largest absolute Gasteiger partial charge is 0.479 e. The van der Waals surface area contributed by atoms with Gasteiger partial charge in [0.1, 0.15) is 5.82 Å². The lowest BCUT2D eigenvalue weighted by atomic mass is 10.1. The predicted molar refractivity (Wildman–Crippen MR) is 76.4 cm³/mol. The third-order valence-corrected chi connectivity index (χ3v) is 5.70. The number of fused-ring (bicyclic) bond motifs is 1. The van der Waals surface area contributed by atoms with Crippen molar-refractivity contribution < 1.29 is 17.5 Å². The first-order valence-corrected chi connectivity index (χ1v) is 8.62. The van der Waals surface area contributed by atoms with E-state index in [2.05, 4.69) is 9.10 Å². The molecule has 0 saturated carbocycles. The van der Waals surface area contributed by atoms with E-state index in [-0.39, 0.29) is 22.6 Å². The van der Waals surface area contributed by atoms with Crippen LogP contribution in [0.2, 0.25) is 0 Å². The van der Waals surface area contributed by atoms with Crippen LogP contribution in [0.4, 0.5) is 4.39 Å². The second-order valence-electron chi connectivity index (χ2n) is 4.74. The fraction of sp³-hybridized carbons (Fsp3) is 0.308. The third kappa shape index (κ3) is 2.66. The van der Waals surface area contributed by atoms with E-state index < -0.39 is 10.0 Å². The molecule has 112 valence electrons. The van der Waals surface area contributed by atoms with Crippen molar-refractivity contribution in [3.8, 4) is 5.88 Å². The first-order valence-electron chi connectivity index (χ1n) is 6.30. The Morgan fingerprint density at radius 3 is 3.05 bits per heavy atom. The van der Waals surface area contributed by atoms with Gasteiger partial charge < -0.3 is 4.74 Å². The summed E-state index contributed by atoms with van der Waals surface area (Å²) in [5.74, 6) is -0.217. The van der Waals surface area contributed by atoms with Crippen LogP contribution in [0.15, 0.2) is 28.5 Å². The number of rotatable bonds is 4. The van der Waals surface area contributed by atoms with Gasteiger partial charge in [-0.05, 0) is 47.6 Å². The van der Waals surface area contributed by atoms with E-state index in [9.17, 15) is 12.8 Å². The summed E-state index contributed by atoms with van der Waals surface area (Å²) in [5.41, 5.74) is 1.67.